The van der Waals surface area contributed by atoms with E-state index in [4.69, 9.17) is 21.1 Å². The molecule has 0 aromatic heterocycles. The molecule has 1 aliphatic rings. The molecule has 112 valence electrons. The van der Waals surface area contributed by atoms with Crippen LogP contribution in [0.4, 0.5) is 5.69 Å². The molecular weight excluding hydrogens is 342 g/mol. The SMILES string of the molecule is CCC1(C)CC(Nc2cc(Cl)cc(Br)c2OC)CCO1. The second kappa shape index (κ2) is 6.54. The van der Waals surface area contributed by atoms with Gasteiger partial charge in [0.1, 0.15) is 0 Å². The molecule has 0 saturated carbocycles. The van der Waals surface area contributed by atoms with Crippen LogP contribution < -0.4 is 10.1 Å². The number of rotatable bonds is 4. The summed E-state index contributed by atoms with van der Waals surface area (Å²) in [6, 6.07) is 4.11. The van der Waals surface area contributed by atoms with E-state index in [2.05, 4.69) is 35.1 Å². The number of methoxy groups -OCH3 is 1. The molecule has 0 amide bonds. The average molecular weight is 363 g/mol. The first-order valence-electron chi connectivity index (χ1n) is 6.91. The van der Waals surface area contributed by atoms with Gasteiger partial charge in [0.25, 0.3) is 0 Å². The topological polar surface area (TPSA) is 30.5 Å². The molecule has 2 unspecified atom stereocenters. The van der Waals surface area contributed by atoms with Gasteiger partial charge in [-0.15, -0.1) is 0 Å². The number of halogens is 2. The lowest BCUT2D eigenvalue weighted by Gasteiger charge is -2.38. The van der Waals surface area contributed by atoms with E-state index in [1.165, 1.54) is 0 Å². The minimum atomic E-state index is -0.0427. The van der Waals surface area contributed by atoms with E-state index in [1.807, 2.05) is 12.1 Å². The fourth-order valence-corrected chi connectivity index (χ4v) is 3.57. The van der Waals surface area contributed by atoms with Crippen LogP contribution in [0.1, 0.15) is 33.1 Å². The lowest BCUT2D eigenvalue weighted by molar-refractivity contribution is -0.0709. The van der Waals surface area contributed by atoms with Crippen molar-refractivity contribution >= 4 is 33.2 Å². The van der Waals surface area contributed by atoms with Crippen LogP contribution in [-0.2, 0) is 4.74 Å². The lowest BCUT2D eigenvalue weighted by Crippen LogP contribution is -2.41. The van der Waals surface area contributed by atoms with Crippen molar-refractivity contribution in [2.75, 3.05) is 19.0 Å². The predicted octanol–water partition coefficient (Wildman–Crippen LogP) is 4.87. The zero-order valence-electron chi connectivity index (χ0n) is 12.1. The number of hydrogen-bond acceptors (Lipinski definition) is 3. The van der Waals surface area contributed by atoms with Crippen molar-refractivity contribution in [3.8, 4) is 5.75 Å². The second-order valence-electron chi connectivity index (χ2n) is 5.45. The maximum atomic E-state index is 6.13. The van der Waals surface area contributed by atoms with Crippen molar-refractivity contribution in [2.45, 2.75) is 44.8 Å². The highest BCUT2D eigenvalue weighted by Gasteiger charge is 2.32. The van der Waals surface area contributed by atoms with Gasteiger partial charge >= 0.3 is 0 Å². The van der Waals surface area contributed by atoms with Crippen LogP contribution in [0.25, 0.3) is 0 Å². The Balaban J connectivity index is 2.17. The van der Waals surface area contributed by atoms with Crippen LogP contribution in [-0.4, -0.2) is 25.4 Å². The molecule has 3 nitrogen and oxygen atoms in total. The minimum Gasteiger partial charge on any atom is -0.493 e. The van der Waals surface area contributed by atoms with Gasteiger partial charge in [0.15, 0.2) is 5.75 Å². The normalized spacial score (nSPS) is 26.4. The van der Waals surface area contributed by atoms with E-state index < -0.39 is 0 Å². The summed E-state index contributed by atoms with van der Waals surface area (Å²) in [4.78, 5) is 0. The van der Waals surface area contributed by atoms with Gasteiger partial charge in [0, 0.05) is 17.7 Å². The molecule has 0 radical (unpaired) electrons. The largest absolute Gasteiger partial charge is 0.493 e. The Hall–Kier alpha value is -0.450. The van der Waals surface area contributed by atoms with Crippen molar-refractivity contribution in [2.24, 2.45) is 0 Å². The van der Waals surface area contributed by atoms with Crippen molar-refractivity contribution < 1.29 is 9.47 Å². The second-order valence-corrected chi connectivity index (χ2v) is 6.75. The van der Waals surface area contributed by atoms with Crippen LogP contribution in [0.15, 0.2) is 16.6 Å². The fraction of sp³-hybridized carbons (Fsp3) is 0.600. The van der Waals surface area contributed by atoms with E-state index in [0.29, 0.717) is 11.1 Å². The van der Waals surface area contributed by atoms with Gasteiger partial charge < -0.3 is 14.8 Å². The quantitative estimate of drug-likeness (QED) is 0.829. The monoisotopic (exact) mass is 361 g/mol. The maximum Gasteiger partial charge on any atom is 0.156 e. The molecule has 1 aromatic carbocycles. The van der Waals surface area contributed by atoms with Gasteiger partial charge in [-0.1, -0.05) is 18.5 Å². The van der Waals surface area contributed by atoms with E-state index in [1.54, 1.807) is 7.11 Å². The summed E-state index contributed by atoms with van der Waals surface area (Å²) >= 11 is 9.61. The summed E-state index contributed by atoms with van der Waals surface area (Å²) in [6.07, 6.45) is 2.99. The minimum absolute atomic E-state index is 0.0427. The Morgan fingerprint density at radius 3 is 2.95 bits per heavy atom. The lowest BCUT2D eigenvalue weighted by atomic mass is 9.90. The van der Waals surface area contributed by atoms with Gasteiger partial charge in [-0.05, 0) is 54.2 Å². The zero-order valence-corrected chi connectivity index (χ0v) is 14.5. The van der Waals surface area contributed by atoms with Gasteiger partial charge in [0.2, 0.25) is 0 Å². The maximum absolute atomic E-state index is 6.13. The molecule has 1 N–H and O–H groups in total. The number of benzene rings is 1. The van der Waals surface area contributed by atoms with Crippen LogP contribution in [0.3, 0.4) is 0 Å². The Morgan fingerprint density at radius 1 is 1.55 bits per heavy atom. The molecule has 1 aromatic rings. The summed E-state index contributed by atoms with van der Waals surface area (Å²) in [5.41, 5.74) is 0.885. The van der Waals surface area contributed by atoms with E-state index >= 15 is 0 Å². The molecule has 2 rings (SSSR count). The van der Waals surface area contributed by atoms with Crippen LogP contribution in [0, 0.1) is 0 Å². The third-order valence-corrected chi connectivity index (χ3v) is 4.72. The van der Waals surface area contributed by atoms with Crippen molar-refractivity contribution in [1.82, 2.24) is 0 Å². The predicted molar refractivity (Wildman–Crippen MR) is 87.0 cm³/mol. The highest BCUT2D eigenvalue weighted by Crippen LogP contribution is 2.38. The summed E-state index contributed by atoms with van der Waals surface area (Å²) in [6.45, 7) is 5.12. The molecule has 0 aliphatic carbocycles. The van der Waals surface area contributed by atoms with Gasteiger partial charge in [-0.25, -0.2) is 0 Å². The molecule has 1 aliphatic heterocycles. The Morgan fingerprint density at radius 2 is 2.30 bits per heavy atom. The number of anilines is 1. The summed E-state index contributed by atoms with van der Waals surface area (Å²) in [5.74, 6) is 0.791. The van der Waals surface area contributed by atoms with E-state index in [-0.39, 0.29) is 5.60 Å². The third-order valence-electron chi connectivity index (χ3n) is 3.92. The van der Waals surface area contributed by atoms with Crippen LogP contribution >= 0.6 is 27.5 Å². The third kappa shape index (κ3) is 3.60. The van der Waals surface area contributed by atoms with Crippen molar-refractivity contribution in [3.63, 3.8) is 0 Å². The zero-order chi connectivity index (χ0) is 14.8. The highest BCUT2D eigenvalue weighted by molar-refractivity contribution is 9.10. The Kier molecular flexibility index (Phi) is 5.21. The first-order valence-corrected chi connectivity index (χ1v) is 8.08. The van der Waals surface area contributed by atoms with Crippen LogP contribution in [0.5, 0.6) is 5.75 Å². The molecular formula is C15H21BrClNO2. The fourth-order valence-electron chi connectivity index (χ4n) is 2.59. The highest BCUT2D eigenvalue weighted by atomic mass is 79.9. The van der Waals surface area contributed by atoms with E-state index in [9.17, 15) is 0 Å². The summed E-state index contributed by atoms with van der Waals surface area (Å²) in [5, 5.41) is 4.24. The summed E-state index contributed by atoms with van der Waals surface area (Å²) < 4.78 is 12.2. The van der Waals surface area contributed by atoms with Gasteiger partial charge in [0.05, 0.1) is 22.9 Å². The Bertz CT molecular complexity index is 483. The first-order chi connectivity index (χ1) is 9.47. The molecule has 0 bridgehead atoms. The van der Waals surface area contributed by atoms with Crippen molar-refractivity contribution in [3.05, 3.63) is 21.6 Å². The van der Waals surface area contributed by atoms with Gasteiger partial charge in [-0.3, -0.25) is 0 Å². The molecule has 0 spiro atoms. The number of hydrogen-bond donors (Lipinski definition) is 1. The molecule has 2 atom stereocenters. The molecule has 1 fully saturated rings. The average Bonchev–Trinajstić information content (AvgIpc) is 2.38. The molecule has 1 heterocycles. The number of nitrogens with one attached hydrogen (secondary N) is 1. The standard InChI is InChI=1S/C15H21BrClNO2/c1-4-15(2)9-11(5-6-20-15)18-13-8-10(17)7-12(16)14(13)19-3/h7-8,11,18H,4-6,9H2,1-3H3. The molecule has 1 saturated heterocycles. The first kappa shape index (κ1) is 15.9. The number of ether oxygens (including phenoxy) is 2. The summed E-state index contributed by atoms with van der Waals surface area (Å²) in [7, 11) is 1.67. The van der Waals surface area contributed by atoms with E-state index in [0.717, 1.165) is 41.8 Å². The van der Waals surface area contributed by atoms with Gasteiger partial charge in [-0.2, -0.15) is 0 Å². The molecule has 5 heteroatoms. The smallest absolute Gasteiger partial charge is 0.156 e. The molecule has 20 heavy (non-hydrogen) atoms. The Labute approximate surface area is 134 Å². The van der Waals surface area contributed by atoms with Crippen LogP contribution in [0.2, 0.25) is 5.02 Å². The van der Waals surface area contributed by atoms with Crippen molar-refractivity contribution in [1.29, 1.82) is 0 Å².